The summed E-state index contributed by atoms with van der Waals surface area (Å²) in [6.07, 6.45) is 9.42. The Morgan fingerprint density at radius 2 is 1.14 bits per heavy atom. The Bertz CT molecular complexity index is 11.7. The summed E-state index contributed by atoms with van der Waals surface area (Å²) in [4.78, 5) is 0. The van der Waals surface area contributed by atoms with E-state index in [0.29, 0.717) is 0 Å². The minimum Gasteiger partial charge on any atom is -0.357 e. The van der Waals surface area contributed by atoms with Crippen LogP contribution in [0.15, 0.2) is 0 Å². The van der Waals surface area contributed by atoms with Crippen molar-refractivity contribution in [2.24, 2.45) is 0 Å². The van der Waals surface area contributed by atoms with Gasteiger partial charge in [0.1, 0.15) is 0 Å². The van der Waals surface area contributed by atoms with Gasteiger partial charge in [-0.25, -0.2) is 0 Å². The Morgan fingerprint density at radius 1 is 1.14 bits per heavy atom. The van der Waals surface area contributed by atoms with Crippen LogP contribution in [0.4, 0.5) is 0 Å². The summed E-state index contributed by atoms with van der Waals surface area (Å²) in [6.45, 7) is 0. The van der Waals surface area contributed by atoms with Gasteiger partial charge in [-0.05, 0) is 18.8 Å². The molecule has 0 unspecified atom stereocenters. The van der Waals surface area contributed by atoms with Gasteiger partial charge in [0.2, 0.25) is 0 Å². The van der Waals surface area contributed by atoms with Gasteiger partial charge in [0.05, 0.1) is 0 Å². The first-order valence-corrected chi connectivity index (χ1v) is 4.54. The molecule has 0 N–H and O–H groups in total. The molecule has 3 heteroatoms. The molecule has 43 valence electrons. The van der Waals surface area contributed by atoms with Crippen LogP contribution in [0, 0.1) is 6.26 Å². The molecule has 1 radical (unpaired) electrons. The van der Waals surface area contributed by atoms with E-state index in [1.165, 1.54) is 11.8 Å². The van der Waals surface area contributed by atoms with E-state index in [-0.39, 0.29) is 32.7 Å². The average Bonchev–Trinajstić information content (AvgIpc) is 1.39. The Kier molecular flexibility index (Phi) is 56.8. The first kappa shape index (κ1) is 15.9. The molecule has 0 heterocycles. The Morgan fingerprint density at radius 3 is 1.14 bits per heavy atom. The summed E-state index contributed by atoms with van der Waals surface area (Å²) in [6, 6.07) is 0. The second-order valence-corrected chi connectivity index (χ2v) is 2.09. The van der Waals surface area contributed by atoms with Crippen LogP contribution in [0.5, 0.6) is 0 Å². The molecule has 0 saturated heterocycles. The quantitative estimate of drug-likeness (QED) is 0.564. The largest absolute Gasteiger partial charge is 0.357 e. The van der Waals surface area contributed by atoms with Crippen molar-refractivity contribution in [2.45, 2.75) is 0 Å². The summed E-state index contributed by atoms with van der Waals surface area (Å²) in [5.41, 5.74) is 0. The van der Waals surface area contributed by atoms with E-state index in [1.807, 2.05) is 18.8 Å². The molecule has 0 rings (SSSR count). The van der Waals surface area contributed by atoms with Crippen molar-refractivity contribution in [3.63, 3.8) is 0 Å². The van der Waals surface area contributed by atoms with Crippen LogP contribution in [0.25, 0.3) is 0 Å². The van der Waals surface area contributed by atoms with Gasteiger partial charge in [-0.2, -0.15) is 11.8 Å². The summed E-state index contributed by atoms with van der Waals surface area (Å²) >= 11 is 3.25. The van der Waals surface area contributed by atoms with Crippen molar-refractivity contribution < 1.29 is 32.7 Å². The van der Waals surface area contributed by atoms with Crippen molar-refractivity contribution >= 4 is 23.5 Å². The van der Waals surface area contributed by atoms with Gasteiger partial charge >= 0.3 is 0 Å². The Balaban J connectivity index is -0.0000000400. The van der Waals surface area contributed by atoms with E-state index in [9.17, 15) is 0 Å². The third-order valence-electron chi connectivity index (χ3n) is 0. The molecule has 0 aromatic rings. The first-order valence-electron chi connectivity index (χ1n) is 1.51. The normalized spacial score (nSPS) is 5.14. The summed E-state index contributed by atoms with van der Waals surface area (Å²) < 4.78 is 0. The SMILES string of the molecule is CSC.[CH2-]SC.[Y]. The molecular formula is C4H11S2Y-. The topological polar surface area (TPSA) is 0 Å². The van der Waals surface area contributed by atoms with Gasteiger partial charge < -0.3 is 11.8 Å². The third kappa shape index (κ3) is 80.8. The van der Waals surface area contributed by atoms with Crippen LogP contribution >= 0.6 is 23.5 Å². The van der Waals surface area contributed by atoms with E-state index in [4.69, 9.17) is 0 Å². The third-order valence-corrected chi connectivity index (χ3v) is 0. The van der Waals surface area contributed by atoms with Gasteiger partial charge in [-0.1, -0.05) is 0 Å². The number of thioether (sulfide) groups is 2. The van der Waals surface area contributed by atoms with Crippen LogP contribution in [-0.2, 0) is 32.7 Å². The smallest absolute Gasteiger partial charge is 0 e. The zero-order valence-corrected chi connectivity index (χ0v) is 9.57. The fourth-order valence-corrected chi connectivity index (χ4v) is 0. The minimum atomic E-state index is 0. The minimum absolute atomic E-state index is 0. The van der Waals surface area contributed by atoms with Crippen molar-refractivity contribution in [3.8, 4) is 0 Å². The molecule has 0 bridgehead atoms. The predicted molar refractivity (Wildman–Crippen MR) is 38.3 cm³/mol. The van der Waals surface area contributed by atoms with E-state index in [2.05, 4.69) is 6.26 Å². The summed E-state index contributed by atoms with van der Waals surface area (Å²) in [5, 5.41) is 0. The van der Waals surface area contributed by atoms with E-state index in [0.717, 1.165) is 0 Å². The average molecular weight is 212 g/mol. The molecule has 0 amide bonds. The second-order valence-electron chi connectivity index (χ2n) is 0.697. The number of rotatable bonds is 0. The van der Waals surface area contributed by atoms with Gasteiger partial charge in [0.15, 0.2) is 0 Å². The van der Waals surface area contributed by atoms with Gasteiger partial charge in [0.25, 0.3) is 0 Å². The molecular weight excluding hydrogens is 201 g/mol. The molecule has 7 heavy (non-hydrogen) atoms. The summed E-state index contributed by atoms with van der Waals surface area (Å²) in [5.74, 6) is 0. The molecule has 0 atom stereocenters. The Hall–Kier alpha value is 1.80. The van der Waals surface area contributed by atoms with Crippen LogP contribution in [0.1, 0.15) is 0 Å². The van der Waals surface area contributed by atoms with Crippen molar-refractivity contribution in [2.75, 3.05) is 18.8 Å². The molecule has 0 aliphatic carbocycles. The molecule has 0 aromatic carbocycles. The predicted octanol–water partition coefficient (Wildman–Crippen LogP) is 2.12. The fraction of sp³-hybridized carbons (Fsp3) is 0.750. The van der Waals surface area contributed by atoms with Gasteiger partial charge in [-0.15, -0.1) is 0 Å². The molecule has 0 aliphatic heterocycles. The molecule has 0 saturated carbocycles. The zero-order valence-electron chi connectivity index (χ0n) is 5.10. The van der Waals surface area contributed by atoms with Crippen LogP contribution in [0.3, 0.4) is 0 Å². The monoisotopic (exact) mass is 212 g/mol. The molecule has 0 aliphatic rings. The second kappa shape index (κ2) is 25.0. The maximum absolute atomic E-state index is 3.40. The number of hydrogen-bond acceptors (Lipinski definition) is 2. The van der Waals surface area contributed by atoms with Crippen LogP contribution < -0.4 is 0 Å². The fourth-order valence-electron chi connectivity index (χ4n) is 0. The maximum Gasteiger partial charge on any atom is 0 e. The number of hydrogen-bond donors (Lipinski definition) is 0. The standard InChI is InChI=1S/C2H6S.C2H5S.Y/c2*1-3-2;/h1-2H3;1H2,2H3;/q;-1;. The summed E-state index contributed by atoms with van der Waals surface area (Å²) in [7, 11) is 0. The Labute approximate surface area is 80.5 Å². The van der Waals surface area contributed by atoms with Crippen molar-refractivity contribution in [1.29, 1.82) is 0 Å². The van der Waals surface area contributed by atoms with Crippen LogP contribution in [0.2, 0.25) is 0 Å². The van der Waals surface area contributed by atoms with Crippen molar-refractivity contribution in [3.05, 3.63) is 6.26 Å². The van der Waals surface area contributed by atoms with Crippen molar-refractivity contribution in [1.82, 2.24) is 0 Å². The molecule has 0 aromatic heterocycles. The first-order chi connectivity index (χ1) is 2.83. The van der Waals surface area contributed by atoms with E-state index < -0.39 is 0 Å². The molecule has 0 spiro atoms. The maximum atomic E-state index is 3.40. The zero-order chi connectivity index (χ0) is 5.41. The van der Waals surface area contributed by atoms with Crippen LogP contribution in [-0.4, -0.2) is 18.8 Å². The van der Waals surface area contributed by atoms with Gasteiger partial charge in [-0.3, -0.25) is 6.26 Å². The van der Waals surface area contributed by atoms with E-state index in [1.54, 1.807) is 11.8 Å². The van der Waals surface area contributed by atoms with E-state index >= 15 is 0 Å². The molecule has 0 nitrogen and oxygen atoms in total. The molecule has 0 fully saturated rings. The van der Waals surface area contributed by atoms with Gasteiger partial charge in [0, 0.05) is 32.7 Å².